The molecule has 1 unspecified atom stereocenters. The second kappa shape index (κ2) is 8.54. The molecule has 1 atom stereocenters. The maximum absolute atomic E-state index is 13.0. The number of nitrogens with zero attached hydrogens (tertiary/aromatic N) is 2. The summed E-state index contributed by atoms with van der Waals surface area (Å²) in [5.41, 5.74) is 3.26. The fraction of sp³-hybridized carbons (Fsp3) is 0.360. The molecular formula is C25H25ClF2N2O3. The quantitative estimate of drug-likeness (QED) is 0.428. The van der Waals surface area contributed by atoms with Crippen LogP contribution in [0.15, 0.2) is 42.5 Å². The number of ether oxygens (including phenoxy) is 1. The van der Waals surface area contributed by atoms with E-state index in [4.69, 9.17) is 16.3 Å². The second-order valence-electron chi connectivity index (χ2n) is 8.99. The van der Waals surface area contributed by atoms with E-state index in [0.717, 1.165) is 38.6 Å². The number of halogens is 3. The molecule has 2 aliphatic heterocycles. The molecule has 2 aromatic carbocycles. The van der Waals surface area contributed by atoms with Gasteiger partial charge in [-0.15, -0.1) is 11.6 Å². The number of alkyl halides is 1. The van der Waals surface area contributed by atoms with Gasteiger partial charge in [-0.25, -0.2) is 0 Å². The van der Waals surface area contributed by atoms with Crippen LogP contribution in [0.2, 0.25) is 0 Å². The Morgan fingerprint density at radius 2 is 1.82 bits per heavy atom. The zero-order chi connectivity index (χ0) is 24.0. The second-order valence-corrected chi connectivity index (χ2v) is 9.26. The molecule has 4 rings (SSSR count). The van der Waals surface area contributed by atoms with Gasteiger partial charge >= 0.3 is 12.1 Å². The SMILES string of the molecule is CN1c2cc(CN(CC(=O)F)CC(=O)F)ccc2C(C)(C)C12C=Cc1cccc(CCl)c1O2. The van der Waals surface area contributed by atoms with E-state index in [1.165, 1.54) is 0 Å². The molecule has 2 aromatic rings. The lowest BCUT2D eigenvalue weighted by Gasteiger charge is -2.46. The number of likely N-dealkylation sites (N-methyl/N-ethyl adjacent to an activating group) is 1. The van der Waals surface area contributed by atoms with Crippen LogP contribution in [0.3, 0.4) is 0 Å². The van der Waals surface area contributed by atoms with Gasteiger partial charge in [0.05, 0.1) is 24.4 Å². The highest BCUT2D eigenvalue weighted by molar-refractivity contribution is 6.17. The highest BCUT2D eigenvalue weighted by Gasteiger charge is 2.57. The summed E-state index contributed by atoms with van der Waals surface area (Å²) in [5, 5.41) is 0. The van der Waals surface area contributed by atoms with Crippen molar-refractivity contribution in [2.45, 2.75) is 37.4 Å². The van der Waals surface area contributed by atoms with Crippen LogP contribution in [0.1, 0.15) is 36.1 Å². The predicted molar refractivity (Wildman–Crippen MR) is 124 cm³/mol. The van der Waals surface area contributed by atoms with E-state index in [-0.39, 0.29) is 6.54 Å². The Kier molecular flexibility index (Phi) is 6.05. The first-order valence-electron chi connectivity index (χ1n) is 10.6. The monoisotopic (exact) mass is 474 g/mol. The summed E-state index contributed by atoms with van der Waals surface area (Å²) in [6.45, 7) is 2.95. The molecule has 33 heavy (non-hydrogen) atoms. The van der Waals surface area contributed by atoms with Crippen molar-refractivity contribution in [3.8, 4) is 5.75 Å². The lowest BCUT2D eigenvalue weighted by molar-refractivity contribution is -0.133. The Morgan fingerprint density at radius 1 is 1.12 bits per heavy atom. The van der Waals surface area contributed by atoms with E-state index >= 15 is 0 Å². The highest BCUT2D eigenvalue weighted by Crippen LogP contribution is 2.54. The number of hydrogen-bond donors (Lipinski definition) is 0. The minimum absolute atomic E-state index is 0.0514. The highest BCUT2D eigenvalue weighted by atomic mass is 35.5. The first-order chi connectivity index (χ1) is 15.6. The van der Waals surface area contributed by atoms with Gasteiger partial charge < -0.3 is 9.64 Å². The third-order valence-electron chi connectivity index (χ3n) is 6.61. The third-order valence-corrected chi connectivity index (χ3v) is 6.90. The van der Waals surface area contributed by atoms with E-state index in [2.05, 4.69) is 13.8 Å². The molecule has 174 valence electrons. The molecule has 8 heteroatoms. The molecule has 1 spiro atoms. The average Bonchev–Trinajstić information content (AvgIpc) is 2.90. The summed E-state index contributed by atoms with van der Waals surface area (Å²) in [7, 11) is 1.93. The van der Waals surface area contributed by atoms with Crippen molar-refractivity contribution in [3.05, 3.63) is 64.7 Å². The van der Waals surface area contributed by atoms with Crippen molar-refractivity contribution >= 4 is 35.4 Å². The number of carbonyl (C=O) groups is 2. The molecule has 0 aliphatic carbocycles. The van der Waals surface area contributed by atoms with Gasteiger partial charge in [0.1, 0.15) is 5.75 Å². The number of benzene rings is 2. The molecular weight excluding hydrogens is 450 g/mol. The topological polar surface area (TPSA) is 49.9 Å². The van der Waals surface area contributed by atoms with Crippen LogP contribution in [-0.2, 0) is 27.4 Å². The summed E-state index contributed by atoms with van der Waals surface area (Å²) in [6, 6.07) is 8.34. The van der Waals surface area contributed by atoms with Crippen LogP contribution in [0.25, 0.3) is 6.08 Å². The molecule has 0 saturated carbocycles. The van der Waals surface area contributed by atoms with E-state index in [9.17, 15) is 18.4 Å². The van der Waals surface area contributed by atoms with Gasteiger partial charge in [-0.3, -0.25) is 14.5 Å². The summed E-state index contributed by atoms with van der Waals surface area (Å²) >= 11 is 6.17. The van der Waals surface area contributed by atoms with Gasteiger partial charge in [0, 0.05) is 30.4 Å². The van der Waals surface area contributed by atoms with Crippen molar-refractivity contribution in [2.75, 3.05) is 25.0 Å². The Hall–Kier alpha value is -2.77. The maximum Gasteiger partial charge on any atom is 0.315 e. The standard InChI is InChI=1S/C25H25ClF2N2O3/c1-24(2)19-8-7-16(13-30(14-21(27)31)15-22(28)32)11-20(19)29(3)25(24)10-9-17-5-4-6-18(12-26)23(17)33-25/h4-11H,12-15H2,1-3H3. The summed E-state index contributed by atoms with van der Waals surface area (Å²) in [4.78, 5) is 25.0. The van der Waals surface area contributed by atoms with Gasteiger partial charge in [-0.2, -0.15) is 8.78 Å². The van der Waals surface area contributed by atoms with Crippen molar-refractivity contribution < 1.29 is 23.1 Å². The lowest BCUT2D eigenvalue weighted by Crippen LogP contribution is -2.58. The van der Waals surface area contributed by atoms with Gasteiger partial charge in [0.2, 0.25) is 5.72 Å². The number of anilines is 1. The smallest absolute Gasteiger partial charge is 0.315 e. The van der Waals surface area contributed by atoms with Crippen LogP contribution in [0, 0.1) is 0 Å². The van der Waals surface area contributed by atoms with Crippen molar-refractivity contribution in [3.63, 3.8) is 0 Å². The van der Waals surface area contributed by atoms with E-state index in [1.807, 2.05) is 60.5 Å². The Labute approximate surface area is 196 Å². The molecule has 2 aliphatic rings. The molecule has 0 N–H and O–H groups in total. The van der Waals surface area contributed by atoms with Crippen molar-refractivity contribution in [1.29, 1.82) is 0 Å². The number of hydrogen-bond acceptors (Lipinski definition) is 5. The molecule has 0 radical (unpaired) electrons. The van der Waals surface area contributed by atoms with Crippen molar-refractivity contribution in [1.82, 2.24) is 4.90 Å². The number of para-hydroxylation sites is 1. The Bertz CT molecular complexity index is 1130. The van der Waals surface area contributed by atoms with Gasteiger partial charge in [-0.05, 0) is 43.2 Å². The van der Waals surface area contributed by atoms with Crippen LogP contribution in [0.4, 0.5) is 14.5 Å². The van der Waals surface area contributed by atoms with Gasteiger partial charge in [0.15, 0.2) is 0 Å². The number of carbonyl (C=O) groups excluding carboxylic acids is 2. The molecule has 0 amide bonds. The number of fused-ring (bicyclic) bond motifs is 2. The molecule has 0 bridgehead atoms. The summed E-state index contributed by atoms with van der Waals surface area (Å²) < 4.78 is 32.6. The first kappa shape index (κ1) is 23.4. The fourth-order valence-electron chi connectivity index (χ4n) is 4.92. The van der Waals surface area contributed by atoms with Crippen molar-refractivity contribution in [2.24, 2.45) is 0 Å². The zero-order valence-electron chi connectivity index (χ0n) is 18.7. The number of rotatable bonds is 7. The minimum Gasteiger partial charge on any atom is -0.462 e. The average molecular weight is 475 g/mol. The van der Waals surface area contributed by atoms with E-state index in [0.29, 0.717) is 5.88 Å². The minimum atomic E-state index is -1.62. The lowest BCUT2D eigenvalue weighted by atomic mass is 9.76. The normalized spacial score (nSPS) is 20.0. The summed E-state index contributed by atoms with van der Waals surface area (Å²) in [6.07, 6.45) is 4.09. The third kappa shape index (κ3) is 3.93. The Morgan fingerprint density at radius 3 is 2.45 bits per heavy atom. The molecule has 0 saturated heterocycles. The first-order valence-corrected chi connectivity index (χ1v) is 11.1. The zero-order valence-corrected chi connectivity index (χ0v) is 19.5. The van der Waals surface area contributed by atoms with Crippen LogP contribution in [0.5, 0.6) is 5.75 Å². The van der Waals surface area contributed by atoms with E-state index < -0.39 is 36.3 Å². The maximum atomic E-state index is 13.0. The van der Waals surface area contributed by atoms with Crippen LogP contribution >= 0.6 is 11.6 Å². The Balaban J connectivity index is 1.70. The van der Waals surface area contributed by atoms with Crippen LogP contribution in [-0.4, -0.2) is 42.8 Å². The summed E-state index contributed by atoms with van der Waals surface area (Å²) in [5.74, 6) is 1.07. The van der Waals surface area contributed by atoms with Gasteiger partial charge in [0.25, 0.3) is 0 Å². The fourth-order valence-corrected chi connectivity index (χ4v) is 5.13. The molecule has 0 aromatic heterocycles. The van der Waals surface area contributed by atoms with E-state index in [1.54, 1.807) is 0 Å². The largest absolute Gasteiger partial charge is 0.462 e. The van der Waals surface area contributed by atoms with Gasteiger partial charge in [-0.1, -0.05) is 30.3 Å². The molecule has 2 heterocycles. The molecule has 0 fully saturated rings. The predicted octanol–water partition coefficient (Wildman–Crippen LogP) is 4.75. The van der Waals surface area contributed by atoms with Crippen LogP contribution < -0.4 is 9.64 Å². The molecule has 5 nitrogen and oxygen atoms in total.